The Morgan fingerprint density at radius 1 is 0.925 bits per heavy atom. The molecule has 0 radical (unpaired) electrons. The Morgan fingerprint density at radius 2 is 1.64 bits per heavy atom. The van der Waals surface area contributed by atoms with Crippen LogP contribution in [0.3, 0.4) is 0 Å². The zero-order valence-electron chi connectivity index (χ0n) is 32.6. The highest BCUT2D eigenvalue weighted by atomic mass is 19.1. The predicted molar refractivity (Wildman–Crippen MR) is 219 cm³/mol. The molecule has 5 nitrogen and oxygen atoms in total. The van der Waals surface area contributed by atoms with Gasteiger partial charge in [-0.3, -0.25) is 4.79 Å². The number of rotatable bonds is 16. The van der Waals surface area contributed by atoms with Gasteiger partial charge in [-0.1, -0.05) is 70.9 Å². The number of carbonyl (C=O) groups excluding carboxylic acids is 1. The van der Waals surface area contributed by atoms with Crippen molar-refractivity contribution in [3.8, 4) is 16.9 Å². The zero-order valence-corrected chi connectivity index (χ0v) is 32.6. The molecule has 2 N–H and O–H groups in total. The van der Waals surface area contributed by atoms with Crippen molar-refractivity contribution in [2.24, 2.45) is 11.8 Å². The van der Waals surface area contributed by atoms with Crippen LogP contribution in [-0.4, -0.2) is 40.1 Å². The molecule has 1 aliphatic carbocycles. The van der Waals surface area contributed by atoms with Crippen LogP contribution in [0.25, 0.3) is 22.0 Å². The largest absolute Gasteiger partial charge is 0.507 e. The molecule has 5 aromatic rings. The number of aromatic nitrogens is 1. The first kappa shape index (κ1) is 38.3. The number of hydrogen-bond donors (Lipinski definition) is 2. The molecule has 1 aromatic heterocycles. The van der Waals surface area contributed by atoms with Crippen LogP contribution in [0.15, 0.2) is 78.9 Å². The summed E-state index contributed by atoms with van der Waals surface area (Å²) in [5, 5.41) is 15.4. The van der Waals surface area contributed by atoms with Crippen molar-refractivity contribution in [2.45, 2.75) is 99.0 Å². The lowest BCUT2D eigenvalue weighted by atomic mass is 9.76. The highest BCUT2D eigenvalue weighted by Gasteiger charge is 2.26. The van der Waals surface area contributed by atoms with Crippen molar-refractivity contribution in [1.82, 2.24) is 9.47 Å². The van der Waals surface area contributed by atoms with E-state index in [2.05, 4.69) is 74.5 Å². The highest BCUT2D eigenvalue weighted by molar-refractivity contribution is 6.04. The van der Waals surface area contributed by atoms with E-state index in [0.29, 0.717) is 28.7 Å². The molecule has 280 valence electrons. The van der Waals surface area contributed by atoms with Crippen LogP contribution < -0.4 is 5.32 Å². The molecule has 6 rings (SSSR count). The summed E-state index contributed by atoms with van der Waals surface area (Å²) in [7, 11) is 0. The number of anilines is 1. The molecule has 6 heteroatoms. The Morgan fingerprint density at radius 3 is 2.30 bits per heavy atom. The molecule has 1 heterocycles. The van der Waals surface area contributed by atoms with E-state index in [-0.39, 0.29) is 17.5 Å². The highest BCUT2D eigenvalue weighted by Crippen LogP contribution is 2.46. The Kier molecular flexibility index (Phi) is 12.4. The van der Waals surface area contributed by atoms with Crippen molar-refractivity contribution < 1.29 is 14.3 Å². The van der Waals surface area contributed by atoms with Gasteiger partial charge in [-0.15, -0.1) is 0 Å². The third-order valence-corrected chi connectivity index (χ3v) is 11.7. The number of aromatic hydroxyl groups is 1. The first-order valence-electron chi connectivity index (χ1n) is 19.9. The standard InChI is InChI=1S/C47H58FN3O2/c1-7-23-50(24-22-31(3)8-2)29-32(4)30-51-34(6)33(5)42-26-36(14-21-44(42)51)25-35-12-15-39(16-13-35)47(53)49-41-27-43(37-10-9-11-37)46(45(52)28-41)38-17-19-40(48)20-18-38/h12-21,26-28,31-32,37,52H,7-11,22-25,29-30H2,1-6H3,(H,49,53). The molecule has 2 unspecified atom stereocenters. The maximum atomic E-state index is 13.6. The molecule has 1 saturated carbocycles. The molecular weight excluding hydrogens is 658 g/mol. The Labute approximate surface area is 316 Å². The van der Waals surface area contributed by atoms with E-state index in [1.807, 2.05) is 30.3 Å². The van der Waals surface area contributed by atoms with Gasteiger partial charge in [-0.25, -0.2) is 4.39 Å². The molecule has 1 aliphatic rings. The monoisotopic (exact) mass is 715 g/mol. The zero-order chi connectivity index (χ0) is 37.6. The van der Waals surface area contributed by atoms with Crippen molar-refractivity contribution in [2.75, 3.05) is 25.0 Å². The van der Waals surface area contributed by atoms with Gasteiger partial charge < -0.3 is 19.9 Å². The summed E-state index contributed by atoms with van der Waals surface area (Å²) in [6, 6.07) is 24.5. The van der Waals surface area contributed by atoms with Crippen LogP contribution in [0.4, 0.5) is 10.1 Å². The maximum Gasteiger partial charge on any atom is 0.255 e. The number of fused-ring (bicyclic) bond motifs is 1. The minimum absolute atomic E-state index is 0.0880. The number of nitrogens with zero attached hydrogens (tertiary/aromatic N) is 2. The number of phenolic OH excluding ortho intramolecular Hbond substituents is 1. The third-order valence-electron chi connectivity index (χ3n) is 11.7. The summed E-state index contributed by atoms with van der Waals surface area (Å²) < 4.78 is 16.2. The molecule has 53 heavy (non-hydrogen) atoms. The Hall–Kier alpha value is -4.42. The summed E-state index contributed by atoms with van der Waals surface area (Å²) >= 11 is 0. The van der Waals surface area contributed by atoms with Gasteiger partial charge in [0.25, 0.3) is 5.91 Å². The summed E-state index contributed by atoms with van der Waals surface area (Å²) in [4.78, 5) is 16.0. The van der Waals surface area contributed by atoms with Gasteiger partial charge in [0, 0.05) is 52.6 Å². The van der Waals surface area contributed by atoms with Crippen molar-refractivity contribution in [3.63, 3.8) is 0 Å². The number of phenols is 1. The number of benzene rings is 4. The summed E-state index contributed by atoms with van der Waals surface area (Å²) in [6.07, 6.45) is 7.68. The third kappa shape index (κ3) is 9.04. The molecular formula is C47H58FN3O2. The number of carbonyl (C=O) groups is 1. The Balaban J connectivity index is 1.12. The lowest BCUT2D eigenvalue weighted by Crippen LogP contribution is -2.32. The average Bonchev–Trinajstić information content (AvgIpc) is 3.34. The SMILES string of the molecule is CCCN(CCC(C)CC)CC(C)Cn1c(C)c(C)c2cc(Cc3ccc(C(=O)Nc4cc(O)c(-c5ccc(F)cc5)c(C5CCC5)c4)cc3)ccc21. The van der Waals surface area contributed by atoms with Crippen LogP contribution in [0.1, 0.15) is 110 Å². The van der Waals surface area contributed by atoms with Crippen molar-refractivity contribution >= 4 is 22.5 Å². The van der Waals surface area contributed by atoms with Crippen LogP contribution in [0, 0.1) is 31.5 Å². The molecule has 0 bridgehead atoms. The lowest BCUT2D eigenvalue weighted by Gasteiger charge is -2.29. The molecule has 2 atom stereocenters. The van der Waals surface area contributed by atoms with Gasteiger partial charge in [-0.05, 0) is 147 Å². The molecule has 1 amide bonds. The second-order valence-electron chi connectivity index (χ2n) is 15.8. The van der Waals surface area contributed by atoms with Crippen LogP contribution in [0.2, 0.25) is 0 Å². The minimum Gasteiger partial charge on any atom is -0.507 e. The fraction of sp³-hybridized carbons (Fsp3) is 0.426. The van der Waals surface area contributed by atoms with E-state index in [9.17, 15) is 14.3 Å². The maximum absolute atomic E-state index is 13.6. The van der Waals surface area contributed by atoms with Gasteiger partial charge >= 0.3 is 0 Å². The number of halogens is 1. The topological polar surface area (TPSA) is 57.5 Å². The lowest BCUT2D eigenvalue weighted by molar-refractivity contribution is 0.102. The van der Waals surface area contributed by atoms with Gasteiger partial charge in [0.1, 0.15) is 11.6 Å². The summed E-state index contributed by atoms with van der Waals surface area (Å²) in [5.74, 6) is 1.19. The number of amides is 1. The van der Waals surface area contributed by atoms with Crippen molar-refractivity contribution in [3.05, 3.63) is 118 Å². The van der Waals surface area contributed by atoms with Crippen molar-refractivity contribution in [1.29, 1.82) is 0 Å². The van der Waals surface area contributed by atoms with Crippen LogP contribution in [-0.2, 0) is 13.0 Å². The van der Waals surface area contributed by atoms with Gasteiger partial charge in [0.15, 0.2) is 0 Å². The van der Waals surface area contributed by atoms with E-state index < -0.39 is 0 Å². The average molecular weight is 716 g/mol. The first-order valence-corrected chi connectivity index (χ1v) is 19.9. The van der Waals surface area contributed by atoms with Crippen LogP contribution in [0.5, 0.6) is 5.75 Å². The predicted octanol–water partition coefficient (Wildman–Crippen LogP) is 11.7. The van der Waals surface area contributed by atoms with Gasteiger partial charge in [-0.2, -0.15) is 0 Å². The fourth-order valence-corrected chi connectivity index (χ4v) is 7.98. The molecule has 0 spiro atoms. The van der Waals surface area contributed by atoms with E-state index in [1.54, 1.807) is 18.2 Å². The second-order valence-corrected chi connectivity index (χ2v) is 15.8. The summed E-state index contributed by atoms with van der Waals surface area (Å²) in [5.41, 5.74) is 10.00. The second kappa shape index (κ2) is 17.2. The van der Waals surface area contributed by atoms with Gasteiger partial charge in [0.05, 0.1) is 0 Å². The number of aryl methyl sites for hydroxylation is 1. The fourth-order valence-electron chi connectivity index (χ4n) is 7.98. The molecule has 0 saturated heterocycles. The smallest absolute Gasteiger partial charge is 0.255 e. The minimum atomic E-state index is -0.313. The quantitative estimate of drug-likeness (QED) is 0.107. The van der Waals surface area contributed by atoms with E-state index >= 15 is 0 Å². The first-order chi connectivity index (χ1) is 25.5. The molecule has 0 aliphatic heterocycles. The molecule has 4 aromatic carbocycles. The van der Waals surface area contributed by atoms with E-state index in [1.165, 1.54) is 72.2 Å². The van der Waals surface area contributed by atoms with E-state index in [0.717, 1.165) is 61.4 Å². The number of hydrogen-bond acceptors (Lipinski definition) is 3. The normalized spacial score (nSPS) is 14.4. The van der Waals surface area contributed by atoms with Gasteiger partial charge in [0.2, 0.25) is 0 Å². The molecule has 1 fully saturated rings. The Bertz CT molecular complexity index is 2010. The van der Waals surface area contributed by atoms with Crippen LogP contribution >= 0.6 is 0 Å². The number of nitrogens with one attached hydrogen (secondary N) is 1. The van der Waals surface area contributed by atoms with E-state index in [4.69, 9.17) is 0 Å². The summed E-state index contributed by atoms with van der Waals surface area (Å²) in [6.45, 7) is 18.3.